The number of anilines is 1. The zero-order valence-corrected chi connectivity index (χ0v) is 11.6. The van der Waals surface area contributed by atoms with Gasteiger partial charge in [0.15, 0.2) is 0 Å². The Morgan fingerprint density at radius 1 is 1.30 bits per heavy atom. The Balaban J connectivity index is 1.88. The lowest BCUT2D eigenvalue weighted by molar-refractivity contribution is 0.490. The van der Waals surface area contributed by atoms with E-state index in [-0.39, 0.29) is 0 Å². The van der Waals surface area contributed by atoms with Crippen LogP contribution in [-0.2, 0) is 6.54 Å². The summed E-state index contributed by atoms with van der Waals surface area (Å²) in [5.41, 5.74) is 1.65. The number of aromatic nitrogens is 3. The van der Waals surface area contributed by atoms with Gasteiger partial charge >= 0.3 is 0 Å². The second-order valence-electron chi connectivity index (χ2n) is 4.34. The van der Waals surface area contributed by atoms with Crippen molar-refractivity contribution in [3.8, 4) is 5.69 Å². The van der Waals surface area contributed by atoms with Crippen LogP contribution in [0, 0.1) is 6.92 Å². The van der Waals surface area contributed by atoms with E-state index in [0.717, 1.165) is 22.9 Å². The zero-order valence-electron chi connectivity index (χ0n) is 10.9. The average molecular weight is 289 g/mol. The van der Waals surface area contributed by atoms with Crippen molar-refractivity contribution in [3.63, 3.8) is 0 Å². The number of halogens is 1. The molecule has 0 unspecified atom stereocenters. The summed E-state index contributed by atoms with van der Waals surface area (Å²) >= 11 is 6.25. The molecular weight excluding hydrogens is 276 g/mol. The van der Waals surface area contributed by atoms with Crippen LogP contribution in [0.3, 0.4) is 0 Å². The number of aryl methyl sites for hydroxylation is 1. The molecule has 1 N–H and O–H groups in total. The molecule has 0 radical (unpaired) electrons. The van der Waals surface area contributed by atoms with Crippen molar-refractivity contribution in [1.82, 2.24) is 14.8 Å². The number of benzene rings is 1. The Labute approximate surface area is 121 Å². The summed E-state index contributed by atoms with van der Waals surface area (Å²) in [6.45, 7) is 2.50. The van der Waals surface area contributed by atoms with E-state index in [1.807, 2.05) is 37.3 Å². The Bertz CT molecular complexity index is 706. The van der Waals surface area contributed by atoms with Gasteiger partial charge in [-0.05, 0) is 31.2 Å². The van der Waals surface area contributed by atoms with Gasteiger partial charge in [-0.3, -0.25) is 0 Å². The minimum absolute atomic E-state index is 0.579. The zero-order chi connectivity index (χ0) is 13.9. The molecule has 2 aromatic heterocycles. The highest BCUT2D eigenvalue weighted by molar-refractivity contribution is 6.33. The van der Waals surface area contributed by atoms with E-state index >= 15 is 0 Å². The summed E-state index contributed by atoms with van der Waals surface area (Å²) in [6, 6.07) is 9.54. The van der Waals surface area contributed by atoms with Crippen molar-refractivity contribution in [2.75, 3.05) is 5.32 Å². The Kier molecular flexibility index (Phi) is 3.43. The molecule has 0 atom stereocenters. The molecule has 0 aliphatic rings. The summed E-state index contributed by atoms with van der Waals surface area (Å²) in [5, 5.41) is 8.04. The lowest BCUT2D eigenvalue weighted by Crippen LogP contribution is -2.05. The van der Waals surface area contributed by atoms with Gasteiger partial charge in [-0.25, -0.2) is 9.67 Å². The average Bonchev–Trinajstić information content (AvgIpc) is 3.08. The number of hydrogen-bond acceptors (Lipinski definition) is 4. The molecule has 1 aromatic carbocycles. The van der Waals surface area contributed by atoms with Crippen molar-refractivity contribution < 1.29 is 4.42 Å². The van der Waals surface area contributed by atoms with Crippen LogP contribution in [0.15, 0.2) is 47.4 Å². The van der Waals surface area contributed by atoms with E-state index in [1.54, 1.807) is 11.0 Å². The maximum Gasteiger partial charge on any atom is 0.138 e. The van der Waals surface area contributed by atoms with Gasteiger partial charge in [0.05, 0.1) is 17.3 Å². The van der Waals surface area contributed by atoms with Gasteiger partial charge in [0, 0.05) is 0 Å². The molecule has 0 saturated heterocycles. The summed E-state index contributed by atoms with van der Waals surface area (Å²) in [6.07, 6.45) is 3.09. The molecule has 3 aromatic rings. The number of para-hydroxylation sites is 1. The highest BCUT2D eigenvalue weighted by Gasteiger charge is 2.10. The molecule has 6 heteroatoms. The first-order valence-corrected chi connectivity index (χ1v) is 6.54. The first-order valence-electron chi connectivity index (χ1n) is 6.17. The first kappa shape index (κ1) is 12.7. The smallest absolute Gasteiger partial charge is 0.138 e. The minimum atomic E-state index is 0.579. The van der Waals surface area contributed by atoms with Gasteiger partial charge in [0.2, 0.25) is 0 Å². The number of hydrogen-bond donors (Lipinski definition) is 1. The summed E-state index contributed by atoms with van der Waals surface area (Å²) in [7, 11) is 0. The van der Waals surface area contributed by atoms with E-state index in [4.69, 9.17) is 16.0 Å². The Hall–Kier alpha value is -2.27. The fourth-order valence-corrected chi connectivity index (χ4v) is 2.24. The molecule has 0 fully saturated rings. The summed E-state index contributed by atoms with van der Waals surface area (Å²) in [5.74, 6) is 1.76. The SMILES string of the molecule is Cc1ccc(CNc2cccc(Cl)c2-n2cncn2)o1. The van der Waals surface area contributed by atoms with Crippen LogP contribution < -0.4 is 5.32 Å². The number of rotatable bonds is 4. The lowest BCUT2D eigenvalue weighted by atomic mass is 10.2. The highest BCUT2D eigenvalue weighted by Crippen LogP contribution is 2.28. The van der Waals surface area contributed by atoms with Gasteiger partial charge in [-0.2, -0.15) is 5.10 Å². The second kappa shape index (κ2) is 5.38. The maximum atomic E-state index is 6.25. The molecule has 20 heavy (non-hydrogen) atoms. The normalized spacial score (nSPS) is 10.7. The Morgan fingerprint density at radius 3 is 2.90 bits per heavy atom. The van der Waals surface area contributed by atoms with Crippen LogP contribution in [0.25, 0.3) is 5.69 Å². The predicted molar refractivity (Wildman–Crippen MR) is 77.1 cm³/mol. The fourth-order valence-electron chi connectivity index (χ4n) is 1.98. The first-order chi connectivity index (χ1) is 9.74. The third-order valence-electron chi connectivity index (χ3n) is 2.88. The maximum absolute atomic E-state index is 6.25. The van der Waals surface area contributed by atoms with Gasteiger partial charge in [0.25, 0.3) is 0 Å². The topological polar surface area (TPSA) is 55.9 Å². The van der Waals surface area contributed by atoms with Gasteiger partial charge in [-0.1, -0.05) is 17.7 Å². The van der Waals surface area contributed by atoms with Crippen LogP contribution in [0.2, 0.25) is 5.02 Å². The van der Waals surface area contributed by atoms with E-state index in [2.05, 4.69) is 15.4 Å². The molecule has 0 amide bonds. The molecule has 0 saturated carbocycles. The minimum Gasteiger partial charge on any atom is -0.465 e. The summed E-state index contributed by atoms with van der Waals surface area (Å²) < 4.78 is 7.17. The lowest BCUT2D eigenvalue weighted by Gasteiger charge is -2.12. The molecule has 2 heterocycles. The molecule has 0 aliphatic carbocycles. The molecular formula is C14H13ClN4O. The van der Waals surface area contributed by atoms with Gasteiger partial charge in [0.1, 0.15) is 29.9 Å². The number of nitrogens with one attached hydrogen (secondary N) is 1. The Morgan fingerprint density at radius 2 is 2.20 bits per heavy atom. The van der Waals surface area contributed by atoms with Crippen molar-refractivity contribution in [3.05, 3.63) is 59.5 Å². The molecule has 3 rings (SSSR count). The third kappa shape index (κ3) is 2.53. The van der Waals surface area contributed by atoms with Crippen LogP contribution >= 0.6 is 11.6 Å². The van der Waals surface area contributed by atoms with Crippen molar-refractivity contribution in [2.45, 2.75) is 13.5 Å². The van der Waals surface area contributed by atoms with E-state index < -0.39 is 0 Å². The van der Waals surface area contributed by atoms with E-state index in [1.165, 1.54) is 6.33 Å². The standard InChI is InChI=1S/C14H13ClN4O/c1-10-5-6-11(20-10)7-17-13-4-2-3-12(15)14(13)19-9-16-8-18-19/h2-6,8-9,17H,7H2,1H3. The van der Waals surface area contributed by atoms with Crippen molar-refractivity contribution in [1.29, 1.82) is 0 Å². The van der Waals surface area contributed by atoms with Crippen LogP contribution in [0.1, 0.15) is 11.5 Å². The molecule has 0 bridgehead atoms. The third-order valence-corrected chi connectivity index (χ3v) is 3.19. The fraction of sp³-hybridized carbons (Fsp3) is 0.143. The predicted octanol–water partition coefficient (Wildman–Crippen LogP) is 3.43. The van der Waals surface area contributed by atoms with Crippen LogP contribution in [0.5, 0.6) is 0 Å². The van der Waals surface area contributed by atoms with Crippen molar-refractivity contribution >= 4 is 17.3 Å². The van der Waals surface area contributed by atoms with E-state index in [0.29, 0.717) is 11.6 Å². The van der Waals surface area contributed by atoms with Gasteiger partial charge < -0.3 is 9.73 Å². The van der Waals surface area contributed by atoms with E-state index in [9.17, 15) is 0 Å². The number of nitrogens with zero attached hydrogens (tertiary/aromatic N) is 3. The second-order valence-corrected chi connectivity index (χ2v) is 4.75. The molecule has 0 aliphatic heterocycles. The monoisotopic (exact) mass is 288 g/mol. The number of furan rings is 1. The van der Waals surface area contributed by atoms with Gasteiger partial charge in [-0.15, -0.1) is 0 Å². The quantitative estimate of drug-likeness (QED) is 0.799. The molecule has 0 spiro atoms. The van der Waals surface area contributed by atoms with Crippen LogP contribution in [-0.4, -0.2) is 14.8 Å². The van der Waals surface area contributed by atoms with Crippen LogP contribution in [0.4, 0.5) is 5.69 Å². The molecule has 102 valence electrons. The summed E-state index contributed by atoms with van der Waals surface area (Å²) in [4.78, 5) is 3.95. The van der Waals surface area contributed by atoms with Crippen molar-refractivity contribution in [2.24, 2.45) is 0 Å². The molecule has 5 nitrogen and oxygen atoms in total. The largest absolute Gasteiger partial charge is 0.465 e. The highest BCUT2D eigenvalue weighted by atomic mass is 35.5.